The third-order valence-corrected chi connectivity index (χ3v) is 7.40. The molecule has 0 saturated carbocycles. The molecule has 3 nitrogen and oxygen atoms in total. The maximum absolute atomic E-state index is 13.2. The minimum atomic E-state index is 0.0888. The first-order chi connectivity index (χ1) is 14.3. The fourth-order valence-corrected chi connectivity index (χ4v) is 5.35. The van der Waals surface area contributed by atoms with Crippen molar-refractivity contribution in [3.05, 3.63) is 64.2 Å². The van der Waals surface area contributed by atoms with Crippen molar-refractivity contribution in [1.82, 2.24) is 4.98 Å². The highest BCUT2D eigenvalue weighted by molar-refractivity contribution is 7.99. The van der Waals surface area contributed by atoms with Crippen LogP contribution in [0, 0.1) is 25.7 Å². The highest BCUT2D eigenvalue weighted by Crippen LogP contribution is 2.39. The molecule has 2 unspecified atom stereocenters. The quantitative estimate of drug-likeness (QED) is 0.516. The Balaban J connectivity index is 1.80. The van der Waals surface area contributed by atoms with Gasteiger partial charge in [-0.1, -0.05) is 38.5 Å². The van der Waals surface area contributed by atoms with Crippen LogP contribution in [0.5, 0.6) is 0 Å². The second kappa shape index (κ2) is 9.82. The Kier molecular flexibility index (Phi) is 7.41. The Labute approximate surface area is 185 Å². The normalized spacial score (nSPS) is 18.0. The van der Waals surface area contributed by atoms with E-state index in [9.17, 15) is 9.90 Å². The van der Waals surface area contributed by atoms with E-state index in [1.165, 1.54) is 5.56 Å². The Morgan fingerprint density at radius 1 is 1.13 bits per heavy atom. The van der Waals surface area contributed by atoms with E-state index in [0.717, 1.165) is 45.9 Å². The Hall–Kier alpha value is -2.07. The lowest BCUT2D eigenvalue weighted by Crippen LogP contribution is -2.25. The van der Waals surface area contributed by atoms with Crippen LogP contribution in [0.1, 0.15) is 61.6 Å². The van der Waals surface area contributed by atoms with Crippen LogP contribution >= 0.6 is 11.8 Å². The molecule has 1 aromatic carbocycles. The molecule has 1 heterocycles. The summed E-state index contributed by atoms with van der Waals surface area (Å²) in [5.41, 5.74) is 6.11. The number of hydrogen-bond donors (Lipinski definition) is 1. The second-order valence-electron chi connectivity index (χ2n) is 8.50. The molecule has 0 saturated heterocycles. The molecule has 1 aliphatic carbocycles. The zero-order chi connectivity index (χ0) is 21.8. The molecule has 2 atom stereocenters. The van der Waals surface area contributed by atoms with Crippen LogP contribution < -0.4 is 0 Å². The largest absolute Gasteiger partial charge is 0.512 e. The van der Waals surface area contributed by atoms with Gasteiger partial charge in [-0.15, -0.1) is 11.8 Å². The summed E-state index contributed by atoms with van der Waals surface area (Å²) < 4.78 is 0. The summed E-state index contributed by atoms with van der Waals surface area (Å²) in [7, 11) is 0. The van der Waals surface area contributed by atoms with Crippen LogP contribution in [0.25, 0.3) is 5.57 Å². The van der Waals surface area contributed by atoms with Crippen LogP contribution in [-0.2, 0) is 17.6 Å². The molecule has 1 aromatic heterocycles. The molecule has 30 heavy (non-hydrogen) atoms. The molecule has 4 heteroatoms. The molecule has 3 rings (SSSR count). The number of thioether (sulfide) groups is 1. The van der Waals surface area contributed by atoms with E-state index in [2.05, 4.69) is 50.9 Å². The maximum Gasteiger partial charge on any atom is 0.167 e. The number of aromatic nitrogens is 1. The van der Waals surface area contributed by atoms with Crippen molar-refractivity contribution in [3.8, 4) is 0 Å². The summed E-state index contributed by atoms with van der Waals surface area (Å²) in [6.45, 7) is 10.5. The number of benzene rings is 1. The molecule has 0 spiro atoms. The number of pyridine rings is 1. The van der Waals surface area contributed by atoms with E-state index in [1.807, 2.05) is 19.2 Å². The van der Waals surface area contributed by atoms with Gasteiger partial charge in [-0.2, -0.15) is 0 Å². The monoisotopic (exact) mass is 423 g/mol. The lowest BCUT2D eigenvalue weighted by Gasteiger charge is -2.29. The van der Waals surface area contributed by atoms with Crippen molar-refractivity contribution in [1.29, 1.82) is 0 Å². The minimum absolute atomic E-state index is 0.0888. The van der Waals surface area contributed by atoms with Crippen molar-refractivity contribution in [2.75, 3.05) is 5.75 Å². The van der Waals surface area contributed by atoms with Gasteiger partial charge >= 0.3 is 0 Å². The van der Waals surface area contributed by atoms with E-state index in [-0.39, 0.29) is 17.5 Å². The molecule has 0 aliphatic heterocycles. The number of aliphatic hydroxyl groups is 1. The first-order valence-corrected chi connectivity index (χ1v) is 12.0. The standard InChI is InChI=1S/C26H33NO2S/c1-6-19-10-16(3)11-20(7-2)25(19)26-23(28)12-21(13-24(26)29)17(4)15-30-22-9-8-18(5)27-14-22/h8-11,14,17,21,28H,6-7,12-13,15H2,1-5H3. The molecule has 2 aromatic rings. The predicted molar refractivity (Wildman–Crippen MR) is 126 cm³/mol. The molecule has 1 N–H and O–H groups in total. The van der Waals surface area contributed by atoms with E-state index < -0.39 is 0 Å². The minimum Gasteiger partial charge on any atom is -0.512 e. The number of ketones is 1. The number of aliphatic hydroxyl groups excluding tert-OH is 1. The molecule has 0 radical (unpaired) electrons. The number of allylic oxidation sites excluding steroid dienone is 2. The molecule has 1 aliphatic rings. The van der Waals surface area contributed by atoms with Crippen LogP contribution in [-0.4, -0.2) is 21.6 Å². The van der Waals surface area contributed by atoms with Crippen molar-refractivity contribution in [2.24, 2.45) is 11.8 Å². The topological polar surface area (TPSA) is 50.2 Å². The molecule has 160 valence electrons. The van der Waals surface area contributed by atoms with Crippen molar-refractivity contribution in [2.45, 2.75) is 65.2 Å². The third-order valence-electron chi connectivity index (χ3n) is 6.13. The Morgan fingerprint density at radius 2 is 1.80 bits per heavy atom. The van der Waals surface area contributed by atoms with Gasteiger partial charge in [0.25, 0.3) is 0 Å². The van der Waals surface area contributed by atoms with Gasteiger partial charge in [-0.3, -0.25) is 9.78 Å². The number of aryl methyl sites for hydroxylation is 4. The van der Waals surface area contributed by atoms with Gasteiger partial charge < -0.3 is 5.11 Å². The molecule has 0 amide bonds. The molecular formula is C26H33NO2S. The summed E-state index contributed by atoms with van der Waals surface area (Å²) in [6.07, 6.45) is 4.71. The highest BCUT2D eigenvalue weighted by atomic mass is 32.2. The second-order valence-corrected chi connectivity index (χ2v) is 9.60. The van der Waals surface area contributed by atoms with E-state index in [0.29, 0.717) is 24.3 Å². The predicted octanol–water partition coefficient (Wildman–Crippen LogP) is 6.50. The van der Waals surface area contributed by atoms with Gasteiger partial charge in [0.05, 0.1) is 5.57 Å². The smallest absolute Gasteiger partial charge is 0.167 e. The lowest BCUT2D eigenvalue weighted by atomic mass is 9.76. The number of Topliss-reactive ketones (excluding diaryl/α,β-unsaturated/α-hetero) is 1. The van der Waals surface area contributed by atoms with E-state index >= 15 is 0 Å². The lowest BCUT2D eigenvalue weighted by molar-refractivity contribution is -0.115. The van der Waals surface area contributed by atoms with Gasteiger partial charge in [0.15, 0.2) is 5.78 Å². The average Bonchev–Trinajstić information content (AvgIpc) is 2.72. The zero-order valence-electron chi connectivity index (χ0n) is 18.8. The highest BCUT2D eigenvalue weighted by Gasteiger charge is 2.33. The Morgan fingerprint density at radius 3 is 2.33 bits per heavy atom. The van der Waals surface area contributed by atoms with Crippen LogP contribution in [0.3, 0.4) is 0 Å². The van der Waals surface area contributed by atoms with Gasteiger partial charge in [0.1, 0.15) is 5.76 Å². The SMILES string of the molecule is CCc1cc(C)cc(CC)c1C1=C(O)CC(C(C)CSc2ccc(C)nc2)CC1=O. The fraction of sp³-hybridized carbons (Fsp3) is 0.462. The number of carbonyl (C=O) groups excluding carboxylic acids is 1. The van der Waals surface area contributed by atoms with Crippen LogP contribution in [0.4, 0.5) is 0 Å². The number of nitrogens with zero attached hydrogens (tertiary/aromatic N) is 1. The van der Waals surface area contributed by atoms with Crippen molar-refractivity contribution in [3.63, 3.8) is 0 Å². The summed E-state index contributed by atoms with van der Waals surface area (Å²) >= 11 is 1.77. The van der Waals surface area contributed by atoms with E-state index in [1.54, 1.807) is 11.8 Å². The zero-order valence-corrected chi connectivity index (χ0v) is 19.6. The third kappa shape index (κ3) is 4.97. The molecular weight excluding hydrogens is 390 g/mol. The summed E-state index contributed by atoms with van der Waals surface area (Å²) in [6, 6.07) is 8.43. The fourth-order valence-electron chi connectivity index (χ4n) is 4.33. The summed E-state index contributed by atoms with van der Waals surface area (Å²) in [4.78, 5) is 18.7. The van der Waals surface area contributed by atoms with Crippen molar-refractivity contribution < 1.29 is 9.90 Å². The molecule has 0 fully saturated rings. The van der Waals surface area contributed by atoms with Crippen LogP contribution in [0.15, 0.2) is 41.1 Å². The number of carbonyl (C=O) groups is 1. The van der Waals surface area contributed by atoms with Gasteiger partial charge in [-0.05, 0) is 67.3 Å². The van der Waals surface area contributed by atoms with Gasteiger partial charge in [0, 0.05) is 35.4 Å². The maximum atomic E-state index is 13.2. The average molecular weight is 424 g/mol. The summed E-state index contributed by atoms with van der Waals surface area (Å²) in [5, 5.41) is 11.0. The van der Waals surface area contributed by atoms with Crippen LogP contribution in [0.2, 0.25) is 0 Å². The van der Waals surface area contributed by atoms with Gasteiger partial charge in [-0.25, -0.2) is 0 Å². The number of rotatable bonds is 7. The molecule has 0 bridgehead atoms. The van der Waals surface area contributed by atoms with Gasteiger partial charge in [0.2, 0.25) is 0 Å². The van der Waals surface area contributed by atoms with Crippen molar-refractivity contribution >= 4 is 23.1 Å². The first-order valence-electron chi connectivity index (χ1n) is 11.0. The first kappa shape index (κ1) is 22.6. The summed E-state index contributed by atoms with van der Waals surface area (Å²) in [5.74, 6) is 1.78. The number of hydrogen-bond acceptors (Lipinski definition) is 4. The Bertz CT molecular complexity index is 921. The van der Waals surface area contributed by atoms with E-state index in [4.69, 9.17) is 0 Å².